The van der Waals surface area contributed by atoms with E-state index in [9.17, 15) is 5.11 Å². The van der Waals surface area contributed by atoms with Crippen LogP contribution >= 0.6 is 0 Å². The Morgan fingerprint density at radius 3 is 2.82 bits per heavy atom. The molecule has 1 atom stereocenters. The van der Waals surface area contributed by atoms with Crippen LogP contribution in [0.15, 0.2) is 42.7 Å². The van der Waals surface area contributed by atoms with Crippen molar-refractivity contribution < 1.29 is 5.11 Å². The fourth-order valence-electron chi connectivity index (χ4n) is 3.19. The van der Waals surface area contributed by atoms with E-state index in [0.717, 1.165) is 29.6 Å². The summed E-state index contributed by atoms with van der Waals surface area (Å²) in [7, 11) is 0. The zero-order chi connectivity index (χ0) is 15.1. The molecule has 0 radical (unpaired) electrons. The van der Waals surface area contributed by atoms with Gasteiger partial charge in [-0.3, -0.25) is 0 Å². The van der Waals surface area contributed by atoms with Crippen molar-refractivity contribution in [3.63, 3.8) is 0 Å². The molecule has 1 heterocycles. The van der Waals surface area contributed by atoms with Gasteiger partial charge in [0.15, 0.2) is 0 Å². The Kier molecular flexibility index (Phi) is 2.96. The van der Waals surface area contributed by atoms with E-state index < -0.39 is 0 Å². The largest absolute Gasteiger partial charge is 0.508 e. The summed E-state index contributed by atoms with van der Waals surface area (Å²) in [4.78, 5) is 8.74. The molecule has 0 fully saturated rings. The highest BCUT2D eigenvalue weighted by molar-refractivity contribution is 5.89. The molecule has 110 valence electrons. The molecule has 4 nitrogen and oxygen atoms in total. The van der Waals surface area contributed by atoms with E-state index in [1.54, 1.807) is 12.4 Å². The zero-order valence-electron chi connectivity index (χ0n) is 12.4. The van der Waals surface area contributed by atoms with Crippen LogP contribution in [-0.4, -0.2) is 21.1 Å². The zero-order valence-corrected chi connectivity index (χ0v) is 12.4. The van der Waals surface area contributed by atoms with Gasteiger partial charge in [-0.05, 0) is 55.2 Å². The van der Waals surface area contributed by atoms with Gasteiger partial charge in [-0.2, -0.15) is 0 Å². The quantitative estimate of drug-likeness (QED) is 0.761. The molecule has 2 aromatic carbocycles. The summed E-state index contributed by atoms with van der Waals surface area (Å²) < 4.78 is 0. The van der Waals surface area contributed by atoms with Crippen LogP contribution in [0.4, 0.5) is 5.82 Å². The lowest BCUT2D eigenvalue weighted by atomic mass is 10.1. The number of aryl methyl sites for hydroxylation is 1. The number of benzene rings is 2. The maximum Gasteiger partial charge on any atom is 0.137 e. The highest BCUT2D eigenvalue weighted by Crippen LogP contribution is 2.29. The van der Waals surface area contributed by atoms with Gasteiger partial charge in [0, 0.05) is 11.4 Å². The molecule has 22 heavy (non-hydrogen) atoms. The molecule has 0 aliphatic heterocycles. The minimum Gasteiger partial charge on any atom is -0.508 e. The minimum absolute atomic E-state index is 0.301. The van der Waals surface area contributed by atoms with Crippen molar-refractivity contribution in [3.05, 3.63) is 59.4 Å². The van der Waals surface area contributed by atoms with Gasteiger partial charge in [-0.1, -0.05) is 17.7 Å². The Labute approximate surface area is 128 Å². The molecule has 0 spiro atoms. The van der Waals surface area contributed by atoms with E-state index in [2.05, 4.69) is 34.3 Å². The van der Waals surface area contributed by atoms with Crippen LogP contribution in [0.5, 0.6) is 5.75 Å². The van der Waals surface area contributed by atoms with Crippen LogP contribution in [0.25, 0.3) is 10.9 Å². The first-order chi connectivity index (χ1) is 10.7. The van der Waals surface area contributed by atoms with Crippen molar-refractivity contribution in [2.75, 3.05) is 5.32 Å². The van der Waals surface area contributed by atoms with E-state index in [1.807, 2.05) is 18.2 Å². The monoisotopic (exact) mass is 291 g/mol. The van der Waals surface area contributed by atoms with Crippen LogP contribution in [0.3, 0.4) is 0 Å². The van der Waals surface area contributed by atoms with E-state index in [-0.39, 0.29) is 0 Å². The summed E-state index contributed by atoms with van der Waals surface area (Å²) in [5.41, 5.74) is 4.66. The first-order valence-corrected chi connectivity index (χ1v) is 7.48. The molecule has 2 N–H and O–H groups in total. The third kappa shape index (κ3) is 2.26. The van der Waals surface area contributed by atoms with Gasteiger partial charge in [-0.25, -0.2) is 9.97 Å². The number of hydrogen-bond acceptors (Lipinski definition) is 4. The highest BCUT2D eigenvalue weighted by atomic mass is 16.3. The summed E-state index contributed by atoms with van der Waals surface area (Å²) in [6.45, 7) is 2.07. The lowest BCUT2D eigenvalue weighted by Gasteiger charge is -2.14. The Hall–Kier alpha value is -2.62. The Bertz CT molecular complexity index is 860. The Morgan fingerprint density at radius 1 is 1.05 bits per heavy atom. The Morgan fingerprint density at radius 2 is 1.91 bits per heavy atom. The fourth-order valence-corrected chi connectivity index (χ4v) is 3.19. The standard InChI is InChI=1S/C18H17N3O/c1-11-2-5-17-16(6-11)18(20-10-19-17)21-14-7-12-3-4-15(22)9-13(12)8-14/h2-6,9-10,14,22H,7-8H2,1H3,(H,19,20,21). The summed E-state index contributed by atoms with van der Waals surface area (Å²) in [5.74, 6) is 1.22. The molecule has 1 aliphatic rings. The van der Waals surface area contributed by atoms with E-state index in [4.69, 9.17) is 0 Å². The van der Waals surface area contributed by atoms with Crippen molar-refractivity contribution in [1.82, 2.24) is 9.97 Å². The number of nitrogens with one attached hydrogen (secondary N) is 1. The van der Waals surface area contributed by atoms with Gasteiger partial charge in [-0.15, -0.1) is 0 Å². The fraction of sp³-hybridized carbons (Fsp3) is 0.222. The van der Waals surface area contributed by atoms with Gasteiger partial charge in [0.05, 0.1) is 5.52 Å². The molecule has 0 saturated carbocycles. The number of hydrogen-bond donors (Lipinski definition) is 2. The first-order valence-electron chi connectivity index (χ1n) is 7.48. The third-order valence-electron chi connectivity index (χ3n) is 4.25. The number of phenols is 1. The predicted octanol–water partition coefficient (Wildman–Crippen LogP) is 3.22. The number of phenolic OH excluding ortho intramolecular Hbond substituents is 1. The summed E-state index contributed by atoms with van der Waals surface area (Å²) >= 11 is 0. The summed E-state index contributed by atoms with van der Waals surface area (Å²) in [6.07, 6.45) is 3.46. The van der Waals surface area contributed by atoms with Crippen LogP contribution in [0.1, 0.15) is 16.7 Å². The van der Waals surface area contributed by atoms with E-state index >= 15 is 0 Å². The second kappa shape index (κ2) is 4.98. The topological polar surface area (TPSA) is 58.0 Å². The van der Waals surface area contributed by atoms with Crippen LogP contribution in [0.2, 0.25) is 0 Å². The normalized spacial score (nSPS) is 16.7. The molecule has 1 aromatic heterocycles. The second-order valence-corrected chi connectivity index (χ2v) is 5.95. The van der Waals surface area contributed by atoms with Crippen molar-refractivity contribution >= 4 is 16.7 Å². The third-order valence-corrected chi connectivity index (χ3v) is 4.25. The molecule has 1 unspecified atom stereocenters. The molecule has 1 aliphatic carbocycles. The summed E-state index contributed by atoms with van der Waals surface area (Å²) in [6, 6.07) is 12.1. The maximum atomic E-state index is 9.60. The average molecular weight is 291 g/mol. The van der Waals surface area contributed by atoms with Gasteiger partial charge in [0.1, 0.15) is 17.9 Å². The molecule has 4 rings (SSSR count). The lowest BCUT2D eigenvalue weighted by molar-refractivity contribution is 0.474. The molecular formula is C18H17N3O. The van der Waals surface area contributed by atoms with Gasteiger partial charge in [0.25, 0.3) is 0 Å². The van der Waals surface area contributed by atoms with Crippen LogP contribution < -0.4 is 5.32 Å². The Balaban J connectivity index is 1.64. The smallest absolute Gasteiger partial charge is 0.137 e. The van der Waals surface area contributed by atoms with Crippen molar-refractivity contribution in [2.45, 2.75) is 25.8 Å². The van der Waals surface area contributed by atoms with Crippen molar-refractivity contribution in [2.24, 2.45) is 0 Å². The number of nitrogens with zero attached hydrogens (tertiary/aromatic N) is 2. The van der Waals surface area contributed by atoms with E-state index in [1.165, 1.54) is 16.7 Å². The van der Waals surface area contributed by atoms with Crippen LogP contribution in [-0.2, 0) is 12.8 Å². The van der Waals surface area contributed by atoms with Crippen molar-refractivity contribution in [1.29, 1.82) is 0 Å². The lowest BCUT2D eigenvalue weighted by Crippen LogP contribution is -2.20. The number of aromatic hydroxyl groups is 1. The number of fused-ring (bicyclic) bond motifs is 2. The average Bonchev–Trinajstić information content (AvgIpc) is 2.89. The minimum atomic E-state index is 0.301. The molecular weight excluding hydrogens is 274 g/mol. The number of anilines is 1. The maximum absolute atomic E-state index is 9.60. The van der Waals surface area contributed by atoms with Gasteiger partial charge in [0.2, 0.25) is 0 Å². The molecule has 4 heteroatoms. The second-order valence-electron chi connectivity index (χ2n) is 5.95. The number of rotatable bonds is 2. The number of aromatic nitrogens is 2. The highest BCUT2D eigenvalue weighted by Gasteiger charge is 2.22. The SMILES string of the molecule is Cc1ccc2ncnc(NC3Cc4ccc(O)cc4C3)c2c1. The van der Waals surface area contributed by atoms with Gasteiger partial charge >= 0.3 is 0 Å². The molecule has 3 aromatic rings. The van der Waals surface area contributed by atoms with Crippen LogP contribution in [0, 0.1) is 6.92 Å². The van der Waals surface area contributed by atoms with E-state index in [0.29, 0.717) is 11.8 Å². The summed E-state index contributed by atoms with van der Waals surface area (Å²) in [5, 5.41) is 14.2. The molecule has 0 amide bonds. The molecule has 0 bridgehead atoms. The molecule has 0 saturated heterocycles. The van der Waals surface area contributed by atoms with Crippen molar-refractivity contribution in [3.8, 4) is 5.75 Å². The van der Waals surface area contributed by atoms with Gasteiger partial charge < -0.3 is 10.4 Å². The predicted molar refractivity (Wildman–Crippen MR) is 87.2 cm³/mol. The first kappa shape index (κ1) is 13.1.